The molecule has 244 valence electrons. The minimum atomic E-state index is -0.517. The number of para-hydroxylation sites is 3. The lowest BCUT2D eigenvalue weighted by atomic mass is 10.1. The van der Waals surface area contributed by atoms with Gasteiger partial charge in [0.2, 0.25) is 11.8 Å². The summed E-state index contributed by atoms with van der Waals surface area (Å²) in [6.07, 6.45) is 1.59. The molecule has 49 heavy (non-hydrogen) atoms. The Morgan fingerprint density at radius 1 is 0.796 bits per heavy atom. The van der Waals surface area contributed by atoms with Crippen LogP contribution in [-0.2, 0) is 9.59 Å². The number of nitrogens with zero attached hydrogens (tertiary/aromatic N) is 1. The van der Waals surface area contributed by atoms with Gasteiger partial charge >= 0.3 is 0 Å². The molecule has 10 heteroatoms. The maximum atomic E-state index is 13.6. The number of carbonyl (C=O) groups is 3. The van der Waals surface area contributed by atoms with Crippen LogP contribution in [0.2, 0.25) is 0 Å². The van der Waals surface area contributed by atoms with Crippen molar-refractivity contribution in [3.8, 4) is 17.2 Å². The van der Waals surface area contributed by atoms with Crippen molar-refractivity contribution >= 4 is 58.0 Å². The van der Waals surface area contributed by atoms with Crippen LogP contribution in [0.4, 0.5) is 11.4 Å². The first-order chi connectivity index (χ1) is 23.9. The van der Waals surface area contributed by atoms with Crippen molar-refractivity contribution in [1.29, 1.82) is 0 Å². The number of hydrogen-bond acceptors (Lipinski definition) is 7. The topological polar surface area (TPSA) is 123 Å². The minimum Gasteiger partial charge on any atom is -0.493 e. The van der Waals surface area contributed by atoms with Crippen LogP contribution < -0.4 is 20.7 Å². The zero-order chi connectivity index (χ0) is 34.0. The fourth-order valence-electron chi connectivity index (χ4n) is 4.88. The molecule has 5 aromatic carbocycles. The quantitative estimate of drug-likeness (QED) is 0.0891. The van der Waals surface area contributed by atoms with Crippen molar-refractivity contribution in [2.24, 2.45) is 0 Å². The third-order valence-corrected chi connectivity index (χ3v) is 8.21. The van der Waals surface area contributed by atoms with Gasteiger partial charge in [0.25, 0.3) is 11.8 Å². The van der Waals surface area contributed by atoms with E-state index in [1.54, 1.807) is 66.7 Å². The fraction of sp³-hybridized carbons (Fsp3) is 0.0769. The highest BCUT2D eigenvalue weighted by molar-refractivity contribution is 8.00. The number of aromatic nitrogens is 1. The van der Waals surface area contributed by atoms with Crippen LogP contribution in [0.3, 0.4) is 0 Å². The van der Waals surface area contributed by atoms with Crippen molar-refractivity contribution in [3.63, 3.8) is 0 Å². The van der Waals surface area contributed by atoms with E-state index in [4.69, 9.17) is 9.15 Å². The number of carbonyl (C=O) groups excluding carboxylic acids is 3. The van der Waals surface area contributed by atoms with Crippen LogP contribution in [0.15, 0.2) is 142 Å². The molecule has 0 radical (unpaired) electrons. The average molecular weight is 669 g/mol. The molecule has 0 spiro atoms. The minimum absolute atomic E-state index is 0.0422. The smallest absolute Gasteiger partial charge is 0.272 e. The Bertz CT molecular complexity index is 2090. The van der Waals surface area contributed by atoms with Crippen molar-refractivity contribution in [2.75, 3.05) is 23.0 Å². The number of oxazole rings is 1. The molecule has 0 aliphatic rings. The van der Waals surface area contributed by atoms with Gasteiger partial charge in [-0.15, -0.1) is 11.8 Å². The molecule has 0 saturated heterocycles. The molecular weight excluding hydrogens is 637 g/mol. The highest BCUT2D eigenvalue weighted by atomic mass is 32.2. The normalized spacial score (nSPS) is 11.2. The van der Waals surface area contributed by atoms with E-state index in [1.165, 1.54) is 11.8 Å². The zero-order valence-corrected chi connectivity index (χ0v) is 27.3. The van der Waals surface area contributed by atoms with Crippen LogP contribution in [0.1, 0.15) is 22.8 Å². The number of rotatable bonds is 12. The first-order valence-corrected chi connectivity index (χ1v) is 16.5. The largest absolute Gasteiger partial charge is 0.493 e. The van der Waals surface area contributed by atoms with Crippen LogP contribution in [0.5, 0.6) is 5.75 Å². The van der Waals surface area contributed by atoms with Crippen molar-refractivity contribution in [1.82, 2.24) is 10.3 Å². The van der Waals surface area contributed by atoms with E-state index in [0.717, 1.165) is 16.0 Å². The molecule has 6 aromatic rings. The van der Waals surface area contributed by atoms with Gasteiger partial charge in [-0.3, -0.25) is 14.4 Å². The molecule has 1 heterocycles. The third kappa shape index (κ3) is 8.62. The third-order valence-electron chi connectivity index (χ3n) is 7.22. The molecule has 0 atom stereocenters. The molecule has 9 nitrogen and oxygen atoms in total. The fourth-order valence-corrected chi connectivity index (χ4v) is 5.64. The standard InChI is InChI=1S/C39H32N4O5S/c1-2-47-34-17-8-6-13-28(34)23-33(42-37(45)26-11-4-3-5-12-26)38(46)41-30-14-10-15-31(24-30)49-25-36(44)40-29-21-19-27(20-22-29)39-43-32-16-7-9-18-35(32)48-39/h3-24H,2,25H2,1H3,(H,40,44)(H,41,46)(H,42,45)/b33-23+. The van der Waals surface area contributed by atoms with E-state index in [-0.39, 0.29) is 17.4 Å². The maximum Gasteiger partial charge on any atom is 0.272 e. The maximum absolute atomic E-state index is 13.6. The van der Waals surface area contributed by atoms with Gasteiger partial charge in [0.15, 0.2) is 5.58 Å². The van der Waals surface area contributed by atoms with Gasteiger partial charge in [-0.25, -0.2) is 4.98 Å². The van der Waals surface area contributed by atoms with Gasteiger partial charge < -0.3 is 25.1 Å². The molecule has 3 N–H and O–H groups in total. The first kappa shape index (κ1) is 32.8. The second-order valence-electron chi connectivity index (χ2n) is 10.7. The molecule has 1 aromatic heterocycles. The average Bonchev–Trinajstić information content (AvgIpc) is 3.57. The SMILES string of the molecule is CCOc1ccccc1/C=C(/NC(=O)c1ccccc1)C(=O)Nc1cccc(SCC(=O)Nc2ccc(-c3nc4ccccc4o3)cc2)c1. The zero-order valence-electron chi connectivity index (χ0n) is 26.5. The Labute approximate surface area is 287 Å². The van der Waals surface area contributed by atoms with Crippen molar-refractivity contribution in [3.05, 3.63) is 144 Å². The molecule has 0 aliphatic heterocycles. The van der Waals surface area contributed by atoms with Crippen molar-refractivity contribution in [2.45, 2.75) is 11.8 Å². The second-order valence-corrected chi connectivity index (χ2v) is 11.8. The Kier molecular flexibility index (Phi) is 10.5. The number of hydrogen-bond donors (Lipinski definition) is 3. The van der Waals surface area contributed by atoms with Crippen LogP contribution in [0.25, 0.3) is 28.6 Å². The molecule has 0 aliphatic carbocycles. The summed E-state index contributed by atoms with van der Waals surface area (Å²) in [5.74, 6) is 0.120. The molecule has 0 unspecified atom stereocenters. The molecule has 0 bridgehead atoms. The van der Waals surface area contributed by atoms with E-state index in [9.17, 15) is 14.4 Å². The van der Waals surface area contributed by atoms with E-state index < -0.39 is 11.8 Å². The number of nitrogens with one attached hydrogen (secondary N) is 3. The highest BCUT2D eigenvalue weighted by Gasteiger charge is 2.17. The van der Waals surface area contributed by atoms with E-state index in [2.05, 4.69) is 20.9 Å². The Morgan fingerprint density at radius 3 is 2.35 bits per heavy atom. The summed E-state index contributed by atoms with van der Waals surface area (Å²) in [7, 11) is 0. The van der Waals surface area contributed by atoms with E-state index >= 15 is 0 Å². The molecule has 3 amide bonds. The lowest BCUT2D eigenvalue weighted by Crippen LogP contribution is -2.30. The number of thioether (sulfide) groups is 1. The molecule has 6 rings (SSSR count). The summed E-state index contributed by atoms with van der Waals surface area (Å²) in [4.78, 5) is 44.7. The number of fused-ring (bicyclic) bond motifs is 1. The summed E-state index contributed by atoms with van der Waals surface area (Å²) in [5, 5.41) is 8.54. The first-order valence-electron chi connectivity index (χ1n) is 15.5. The second kappa shape index (κ2) is 15.6. The van der Waals surface area contributed by atoms with E-state index in [1.807, 2.05) is 73.7 Å². The predicted molar refractivity (Wildman–Crippen MR) is 193 cm³/mol. The van der Waals surface area contributed by atoms with Gasteiger partial charge in [0.05, 0.1) is 12.4 Å². The van der Waals surface area contributed by atoms with Gasteiger partial charge in [-0.05, 0) is 85.8 Å². The molecular formula is C39H32N4O5S. The molecule has 0 fully saturated rings. The number of ether oxygens (including phenoxy) is 1. The Hall–Kier alpha value is -6.13. The summed E-state index contributed by atoms with van der Waals surface area (Å²) in [6, 6.07) is 38.0. The van der Waals surface area contributed by atoms with Gasteiger partial charge in [-0.1, -0.05) is 54.6 Å². The van der Waals surface area contributed by atoms with Crippen LogP contribution >= 0.6 is 11.8 Å². The summed E-state index contributed by atoms with van der Waals surface area (Å²) >= 11 is 1.33. The predicted octanol–water partition coefficient (Wildman–Crippen LogP) is 8.03. The highest BCUT2D eigenvalue weighted by Crippen LogP contribution is 2.27. The Morgan fingerprint density at radius 2 is 1.55 bits per heavy atom. The summed E-state index contributed by atoms with van der Waals surface area (Å²) in [5.41, 5.74) is 4.54. The monoisotopic (exact) mass is 668 g/mol. The van der Waals surface area contributed by atoms with Gasteiger partial charge in [0, 0.05) is 33.0 Å². The van der Waals surface area contributed by atoms with Crippen LogP contribution in [0, 0.1) is 0 Å². The van der Waals surface area contributed by atoms with E-state index in [0.29, 0.717) is 46.3 Å². The summed E-state index contributed by atoms with van der Waals surface area (Å²) < 4.78 is 11.6. The van der Waals surface area contributed by atoms with Crippen molar-refractivity contribution < 1.29 is 23.5 Å². The lowest BCUT2D eigenvalue weighted by Gasteiger charge is -2.13. The molecule has 0 saturated carbocycles. The summed E-state index contributed by atoms with van der Waals surface area (Å²) in [6.45, 7) is 2.32. The Balaban J connectivity index is 1.09. The van der Waals surface area contributed by atoms with Gasteiger partial charge in [-0.2, -0.15) is 0 Å². The van der Waals surface area contributed by atoms with Crippen LogP contribution in [-0.4, -0.2) is 35.1 Å². The number of amides is 3. The number of benzene rings is 5. The lowest BCUT2D eigenvalue weighted by molar-refractivity contribution is -0.114. The number of anilines is 2. The van der Waals surface area contributed by atoms with Gasteiger partial charge in [0.1, 0.15) is 17.0 Å².